The van der Waals surface area contributed by atoms with E-state index in [1.54, 1.807) is 0 Å². The molecule has 6 heteroatoms. The molecule has 2 aliphatic rings. The van der Waals surface area contributed by atoms with Crippen LogP contribution in [0.15, 0.2) is 28.7 Å². The number of hydrogen-bond acceptors (Lipinski definition) is 5. The topological polar surface area (TPSA) is 57.2 Å². The molecule has 0 aliphatic carbocycles. The van der Waals surface area contributed by atoms with E-state index in [2.05, 4.69) is 15.9 Å². The van der Waals surface area contributed by atoms with Gasteiger partial charge in [-0.2, -0.15) is 0 Å². The Hall–Kier alpha value is -0.660. The Balaban J connectivity index is 1.49. The van der Waals surface area contributed by atoms with Crippen LogP contribution in [0.2, 0.25) is 0 Å². The van der Waals surface area contributed by atoms with Crippen LogP contribution in [0.4, 0.5) is 0 Å². The average molecular weight is 359 g/mol. The van der Waals surface area contributed by atoms with E-state index in [0.717, 1.165) is 4.47 Å². The highest BCUT2D eigenvalue weighted by atomic mass is 79.9. The lowest BCUT2D eigenvalue weighted by atomic mass is 10.1. The van der Waals surface area contributed by atoms with E-state index < -0.39 is 18.2 Å². The number of benzene rings is 1. The van der Waals surface area contributed by atoms with Gasteiger partial charge in [-0.15, -0.1) is 0 Å². The first-order chi connectivity index (χ1) is 9.93. The largest absolute Gasteiger partial charge is 0.491 e. The van der Waals surface area contributed by atoms with Crippen molar-refractivity contribution in [1.82, 2.24) is 0 Å². The summed E-state index contributed by atoms with van der Waals surface area (Å²) in [6, 6.07) is 7.47. The van der Waals surface area contributed by atoms with E-state index in [1.165, 1.54) is 0 Å². The van der Waals surface area contributed by atoms with E-state index in [1.807, 2.05) is 38.1 Å². The van der Waals surface area contributed by atoms with Crippen LogP contribution in [-0.2, 0) is 14.2 Å². The van der Waals surface area contributed by atoms with E-state index in [4.69, 9.17) is 18.9 Å². The van der Waals surface area contributed by atoms with E-state index in [9.17, 15) is 5.11 Å². The second-order valence-electron chi connectivity index (χ2n) is 5.78. The summed E-state index contributed by atoms with van der Waals surface area (Å²) in [6.45, 7) is 3.89. The molecule has 0 bridgehead atoms. The van der Waals surface area contributed by atoms with Gasteiger partial charge in [0.15, 0.2) is 12.1 Å². The van der Waals surface area contributed by atoms with Crippen LogP contribution in [0.25, 0.3) is 0 Å². The molecule has 0 saturated carbocycles. The van der Waals surface area contributed by atoms with Gasteiger partial charge in [0.25, 0.3) is 0 Å². The van der Waals surface area contributed by atoms with Gasteiger partial charge in [0.1, 0.15) is 24.6 Å². The minimum Gasteiger partial charge on any atom is -0.491 e. The van der Waals surface area contributed by atoms with Gasteiger partial charge in [-0.25, -0.2) is 0 Å². The van der Waals surface area contributed by atoms with Crippen LogP contribution >= 0.6 is 15.9 Å². The van der Waals surface area contributed by atoms with Gasteiger partial charge in [0, 0.05) is 10.9 Å². The molecule has 0 radical (unpaired) electrons. The minimum atomic E-state index is -0.713. The Morgan fingerprint density at radius 2 is 2.05 bits per heavy atom. The molecule has 1 N–H and O–H groups in total. The van der Waals surface area contributed by atoms with Crippen molar-refractivity contribution in [3.05, 3.63) is 28.7 Å². The molecule has 4 atom stereocenters. The molecule has 2 saturated heterocycles. The SMILES string of the molecule is CC1(C)OC2O[C@H]([C@H](O)COc3ccc(Br)cc3)C[C@H]2O1. The lowest BCUT2D eigenvalue weighted by Gasteiger charge is -2.23. The minimum absolute atomic E-state index is 0.118. The van der Waals surface area contributed by atoms with Crippen LogP contribution in [0, 0.1) is 0 Å². The number of rotatable bonds is 4. The Morgan fingerprint density at radius 3 is 2.71 bits per heavy atom. The van der Waals surface area contributed by atoms with Crippen molar-refractivity contribution in [2.24, 2.45) is 0 Å². The van der Waals surface area contributed by atoms with E-state index in [-0.39, 0.29) is 18.8 Å². The zero-order valence-corrected chi connectivity index (χ0v) is 13.6. The molecule has 5 nitrogen and oxygen atoms in total. The van der Waals surface area contributed by atoms with Crippen molar-refractivity contribution < 1.29 is 24.1 Å². The fourth-order valence-corrected chi connectivity index (χ4v) is 2.87. The molecule has 0 spiro atoms. The number of aliphatic hydroxyl groups excluding tert-OH is 1. The predicted octanol–water partition coefficient (Wildman–Crippen LogP) is 2.46. The average Bonchev–Trinajstić information content (AvgIpc) is 2.91. The predicted molar refractivity (Wildman–Crippen MR) is 79.0 cm³/mol. The van der Waals surface area contributed by atoms with E-state index >= 15 is 0 Å². The highest BCUT2D eigenvalue weighted by molar-refractivity contribution is 9.10. The van der Waals surface area contributed by atoms with Crippen molar-refractivity contribution in [3.8, 4) is 5.75 Å². The lowest BCUT2D eigenvalue weighted by Crippen LogP contribution is -2.34. The number of fused-ring (bicyclic) bond motifs is 1. The van der Waals surface area contributed by atoms with Crippen molar-refractivity contribution >= 4 is 15.9 Å². The van der Waals surface area contributed by atoms with Crippen LogP contribution in [0.3, 0.4) is 0 Å². The molecule has 3 rings (SSSR count). The first-order valence-corrected chi connectivity index (χ1v) is 7.80. The molecule has 21 heavy (non-hydrogen) atoms. The number of halogens is 1. The van der Waals surface area contributed by atoms with Crippen LogP contribution in [-0.4, -0.2) is 42.1 Å². The lowest BCUT2D eigenvalue weighted by molar-refractivity contribution is -0.215. The summed E-state index contributed by atoms with van der Waals surface area (Å²) in [4.78, 5) is 0. The summed E-state index contributed by atoms with van der Waals surface area (Å²) in [7, 11) is 0. The summed E-state index contributed by atoms with van der Waals surface area (Å²) < 4.78 is 23.6. The third-order valence-electron chi connectivity index (χ3n) is 3.58. The number of aliphatic hydroxyl groups is 1. The quantitative estimate of drug-likeness (QED) is 0.895. The second kappa shape index (κ2) is 5.85. The zero-order chi connectivity index (χ0) is 15.0. The standard InChI is InChI=1S/C15H19BrO5/c1-15(2)20-13-7-12(19-14(13)21-15)11(17)8-18-10-5-3-9(16)4-6-10/h3-6,11-14,17H,7-8H2,1-2H3/t11-,12+,13-,14?/m1/s1. The summed E-state index contributed by atoms with van der Waals surface area (Å²) >= 11 is 3.36. The van der Waals surface area contributed by atoms with Crippen molar-refractivity contribution in [2.75, 3.05) is 6.61 Å². The Labute approximate surface area is 132 Å². The van der Waals surface area contributed by atoms with Gasteiger partial charge >= 0.3 is 0 Å². The second-order valence-corrected chi connectivity index (χ2v) is 6.70. The van der Waals surface area contributed by atoms with Gasteiger partial charge < -0.3 is 24.1 Å². The summed E-state index contributed by atoms with van der Waals surface area (Å²) in [5.74, 6) is 0.100. The monoisotopic (exact) mass is 358 g/mol. The number of hydrogen-bond donors (Lipinski definition) is 1. The van der Waals surface area contributed by atoms with Gasteiger partial charge in [0.2, 0.25) is 0 Å². The molecule has 2 aliphatic heterocycles. The highest BCUT2D eigenvalue weighted by Gasteiger charge is 2.50. The first kappa shape index (κ1) is 15.2. The zero-order valence-electron chi connectivity index (χ0n) is 12.0. The molecule has 1 aromatic carbocycles. The van der Waals surface area contributed by atoms with Crippen molar-refractivity contribution in [1.29, 1.82) is 0 Å². The maximum Gasteiger partial charge on any atom is 0.187 e. The molecule has 1 aromatic rings. The molecular weight excluding hydrogens is 340 g/mol. The van der Waals surface area contributed by atoms with Crippen LogP contribution in [0.5, 0.6) is 5.75 Å². The van der Waals surface area contributed by atoms with Crippen LogP contribution in [0.1, 0.15) is 20.3 Å². The molecule has 0 amide bonds. The fraction of sp³-hybridized carbons (Fsp3) is 0.600. The Morgan fingerprint density at radius 1 is 1.33 bits per heavy atom. The maximum atomic E-state index is 10.2. The molecular formula is C15H19BrO5. The normalized spacial score (nSPS) is 31.9. The van der Waals surface area contributed by atoms with Crippen molar-refractivity contribution in [2.45, 2.75) is 50.7 Å². The van der Waals surface area contributed by atoms with Crippen LogP contribution < -0.4 is 4.74 Å². The summed E-state index contributed by atoms with van der Waals surface area (Å²) in [5.41, 5.74) is 0. The highest BCUT2D eigenvalue weighted by Crippen LogP contribution is 2.37. The fourth-order valence-electron chi connectivity index (χ4n) is 2.60. The Kier molecular flexibility index (Phi) is 4.25. The molecule has 116 valence electrons. The third-order valence-corrected chi connectivity index (χ3v) is 4.10. The van der Waals surface area contributed by atoms with Gasteiger partial charge in [-0.3, -0.25) is 0 Å². The molecule has 2 fully saturated rings. The Bertz CT molecular complexity index is 473. The van der Waals surface area contributed by atoms with E-state index in [0.29, 0.717) is 12.2 Å². The van der Waals surface area contributed by atoms with Crippen molar-refractivity contribution in [3.63, 3.8) is 0 Å². The summed E-state index contributed by atoms with van der Waals surface area (Å²) in [5, 5.41) is 10.2. The maximum absolute atomic E-state index is 10.2. The molecule has 2 heterocycles. The third kappa shape index (κ3) is 3.57. The summed E-state index contributed by atoms with van der Waals surface area (Å²) in [6.07, 6.45) is -0.945. The smallest absolute Gasteiger partial charge is 0.187 e. The molecule has 0 aromatic heterocycles. The first-order valence-electron chi connectivity index (χ1n) is 7.00. The van der Waals surface area contributed by atoms with Gasteiger partial charge in [-0.05, 0) is 38.1 Å². The molecule has 1 unspecified atom stereocenters. The van der Waals surface area contributed by atoms with Gasteiger partial charge in [-0.1, -0.05) is 15.9 Å². The number of ether oxygens (including phenoxy) is 4. The van der Waals surface area contributed by atoms with Gasteiger partial charge in [0.05, 0.1) is 6.10 Å².